The molecular formula is C12H15N3O2. The first-order valence-corrected chi connectivity index (χ1v) is 5.23. The average Bonchev–Trinajstić information content (AvgIpc) is 2.15. The predicted molar refractivity (Wildman–Crippen MR) is 63.4 cm³/mol. The first-order valence-electron chi connectivity index (χ1n) is 5.23. The third kappa shape index (κ3) is 4.98. The van der Waals surface area contributed by atoms with Crippen molar-refractivity contribution in [1.82, 2.24) is 4.98 Å². The molecule has 5 nitrogen and oxygen atoms in total. The van der Waals surface area contributed by atoms with E-state index in [-0.39, 0.29) is 6.42 Å². The Hall–Kier alpha value is -2.09. The number of nitriles is 1. The summed E-state index contributed by atoms with van der Waals surface area (Å²) in [6.45, 7) is 5.35. The Morgan fingerprint density at radius 1 is 1.53 bits per heavy atom. The number of carbonyl (C=O) groups excluding carboxylic acids is 1. The van der Waals surface area contributed by atoms with Gasteiger partial charge in [0.1, 0.15) is 11.4 Å². The van der Waals surface area contributed by atoms with Gasteiger partial charge in [-0.25, -0.2) is 9.78 Å². The number of anilines is 1. The number of pyridine rings is 1. The normalized spacial score (nSPS) is 10.5. The summed E-state index contributed by atoms with van der Waals surface area (Å²) in [5, 5.41) is 11.1. The van der Waals surface area contributed by atoms with Gasteiger partial charge in [0.25, 0.3) is 0 Å². The van der Waals surface area contributed by atoms with Crippen molar-refractivity contribution >= 4 is 11.9 Å². The van der Waals surface area contributed by atoms with Crippen molar-refractivity contribution in [2.45, 2.75) is 32.8 Å². The van der Waals surface area contributed by atoms with Crippen LogP contribution in [0.2, 0.25) is 0 Å². The molecule has 0 unspecified atom stereocenters. The highest BCUT2D eigenvalue weighted by Gasteiger charge is 2.16. The summed E-state index contributed by atoms with van der Waals surface area (Å²) >= 11 is 0. The molecule has 1 N–H and O–H groups in total. The number of hydrogen-bond donors (Lipinski definition) is 1. The third-order valence-corrected chi connectivity index (χ3v) is 1.70. The van der Waals surface area contributed by atoms with Gasteiger partial charge in [0.15, 0.2) is 0 Å². The quantitative estimate of drug-likeness (QED) is 0.851. The van der Waals surface area contributed by atoms with Crippen molar-refractivity contribution in [3.8, 4) is 6.07 Å². The Kier molecular flexibility index (Phi) is 4.05. The van der Waals surface area contributed by atoms with Crippen LogP contribution in [0.1, 0.15) is 26.5 Å². The summed E-state index contributed by atoms with van der Waals surface area (Å²) in [6.07, 6.45) is -0.344. The van der Waals surface area contributed by atoms with Crippen LogP contribution in [0.3, 0.4) is 0 Å². The molecular weight excluding hydrogens is 218 g/mol. The average molecular weight is 233 g/mol. The van der Waals surface area contributed by atoms with E-state index in [1.54, 1.807) is 39.0 Å². The summed E-state index contributed by atoms with van der Waals surface area (Å²) < 4.78 is 5.09. The molecule has 1 aromatic heterocycles. The minimum atomic E-state index is -0.556. The Morgan fingerprint density at radius 2 is 2.24 bits per heavy atom. The Bertz CT molecular complexity index is 444. The van der Waals surface area contributed by atoms with Gasteiger partial charge in [-0.05, 0) is 32.9 Å². The molecule has 0 saturated heterocycles. The Morgan fingerprint density at radius 3 is 2.82 bits per heavy atom. The van der Waals surface area contributed by atoms with E-state index in [2.05, 4.69) is 10.3 Å². The van der Waals surface area contributed by atoms with Gasteiger partial charge in [-0.2, -0.15) is 5.26 Å². The topological polar surface area (TPSA) is 75.0 Å². The molecule has 1 amide bonds. The molecule has 0 fully saturated rings. The number of carbonyl (C=O) groups is 1. The number of aromatic nitrogens is 1. The minimum Gasteiger partial charge on any atom is -0.444 e. The molecule has 5 heteroatoms. The van der Waals surface area contributed by atoms with Crippen LogP contribution in [0.5, 0.6) is 0 Å². The van der Waals surface area contributed by atoms with Crippen LogP contribution < -0.4 is 5.32 Å². The monoisotopic (exact) mass is 233 g/mol. The summed E-state index contributed by atoms with van der Waals surface area (Å²) in [5.41, 5.74) is 0.0648. The van der Waals surface area contributed by atoms with Crippen LogP contribution in [-0.2, 0) is 11.2 Å². The highest BCUT2D eigenvalue weighted by atomic mass is 16.6. The van der Waals surface area contributed by atoms with Crippen LogP contribution in [-0.4, -0.2) is 16.7 Å². The second-order valence-electron chi connectivity index (χ2n) is 4.48. The van der Waals surface area contributed by atoms with Gasteiger partial charge in [0.2, 0.25) is 0 Å². The van der Waals surface area contributed by atoms with E-state index in [0.29, 0.717) is 11.5 Å². The van der Waals surface area contributed by atoms with E-state index in [1.807, 2.05) is 6.07 Å². The molecule has 0 aliphatic rings. The van der Waals surface area contributed by atoms with Crippen LogP contribution in [0.4, 0.5) is 10.6 Å². The van der Waals surface area contributed by atoms with Crippen LogP contribution in [0, 0.1) is 11.3 Å². The molecule has 0 radical (unpaired) electrons. The molecule has 0 atom stereocenters. The van der Waals surface area contributed by atoms with Crippen LogP contribution in [0.25, 0.3) is 0 Å². The molecule has 1 heterocycles. The van der Waals surface area contributed by atoms with Gasteiger partial charge in [0, 0.05) is 0 Å². The zero-order valence-corrected chi connectivity index (χ0v) is 10.2. The molecule has 17 heavy (non-hydrogen) atoms. The van der Waals surface area contributed by atoms with E-state index in [0.717, 1.165) is 0 Å². The smallest absolute Gasteiger partial charge is 0.413 e. The standard InChI is InChI=1S/C12H15N3O2/c1-12(2,3)17-11(16)15-10-6-4-5-9(14-10)7-8-13/h4-6H,7H2,1-3H3,(H,14,15,16). The van der Waals surface area contributed by atoms with Crippen molar-refractivity contribution < 1.29 is 9.53 Å². The fourth-order valence-corrected chi connectivity index (χ4v) is 1.14. The largest absolute Gasteiger partial charge is 0.444 e. The van der Waals surface area contributed by atoms with Gasteiger partial charge in [-0.3, -0.25) is 5.32 Å². The van der Waals surface area contributed by atoms with Crippen molar-refractivity contribution in [3.05, 3.63) is 23.9 Å². The number of nitrogens with one attached hydrogen (secondary N) is 1. The fourth-order valence-electron chi connectivity index (χ4n) is 1.14. The molecule has 1 rings (SSSR count). The zero-order chi connectivity index (χ0) is 12.9. The van der Waals surface area contributed by atoms with Crippen LogP contribution in [0.15, 0.2) is 18.2 Å². The number of rotatable bonds is 2. The lowest BCUT2D eigenvalue weighted by atomic mass is 10.2. The fraction of sp³-hybridized carbons (Fsp3) is 0.417. The Balaban J connectivity index is 2.66. The molecule has 0 aliphatic heterocycles. The van der Waals surface area contributed by atoms with Gasteiger partial charge in [-0.15, -0.1) is 0 Å². The zero-order valence-electron chi connectivity index (χ0n) is 10.2. The third-order valence-electron chi connectivity index (χ3n) is 1.70. The van der Waals surface area contributed by atoms with E-state index in [4.69, 9.17) is 10.00 Å². The molecule has 0 spiro atoms. The lowest BCUT2D eigenvalue weighted by Gasteiger charge is -2.19. The maximum absolute atomic E-state index is 11.5. The van der Waals surface area contributed by atoms with E-state index in [1.165, 1.54) is 0 Å². The van der Waals surface area contributed by atoms with Gasteiger partial charge in [-0.1, -0.05) is 6.07 Å². The summed E-state index contributed by atoms with van der Waals surface area (Å²) in [5.74, 6) is 0.381. The summed E-state index contributed by atoms with van der Waals surface area (Å²) in [6, 6.07) is 7.09. The number of ether oxygens (including phenoxy) is 1. The van der Waals surface area contributed by atoms with Gasteiger partial charge < -0.3 is 4.74 Å². The van der Waals surface area contributed by atoms with Gasteiger partial charge >= 0.3 is 6.09 Å². The maximum atomic E-state index is 11.5. The maximum Gasteiger partial charge on any atom is 0.413 e. The Labute approximate surface area is 100 Å². The highest BCUT2D eigenvalue weighted by molar-refractivity contribution is 5.83. The summed E-state index contributed by atoms with van der Waals surface area (Å²) in [4.78, 5) is 15.6. The highest BCUT2D eigenvalue weighted by Crippen LogP contribution is 2.10. The summed E-state index contributed by atoms with van der Waals surface area (Å²) in [7, 11) is 0. The lowest BCUT2D eigenvalue weighted by molar-refractivity contribution is 0.0635. The van der Waals surface area contributed by atoms with Crippen molar-refractivity contribution in [2.75, 3.05) is 5.32 Å². The first-order chi connectivity index (χ1) is 7.90. The van der Waals surface area contributed by atoms with Crippen molar-refractivity contribution in [2.24, 2.45) is 0 Å². The molecule has 0 saturated carbocycles. The molecule has 90 valence electrons. The second kappa shape index (κ2) is 5.30. The molecule has 0 aromatic carbocycles. The SMILES string of the molecule is CC(C)(C)OC(=O)Nc1cccc(CC#N)n1. The second-order valence-corrected chi connectivity index (χ2v) is 4.48. The van der Waals surface area contributed by atoms with E-state index >= 15 is 0 Å². The van der Waals surface area contributed by atoms with Crippen LogP contribution >= 0.6 is 0 Å². The predicted octanol–water partition coefficient (Wildman–Crippen LogP) is 2.49. The number of amides is 1. The first kappa shape index (κ1) is 13.0. The van der Waals surface area contributed by atoms with Crippen molar-refractivity contribution in [1.29, 1.82) is 5.26 Å². The van der Waals surface area contributed by atoms with Gasteiger partial charge in [0.05, 0.1) is 18.2 Å². The van der Waals surface area contributed by atoms with E-state index < -0.39 is 11.7 Å². The minimum absolute atomic E-state index is 0.212. The number of hydrogen-bond acceptors (Lipinski definition) is 4. The lowest BCUT2D eigenvalue weighted by Crippen LogP contribution is -2.27. The van der Waals surface area contributed by atoms with Crippen molar-refractivity contribution in [3.63, 3.8) is 0 Å². The number of nitrogens with zero attached hydrogens (tertiary/aromatic N) is 2. The van der Waals surface area contributed by atoms with E-state index in [9.17, 15) is 4.79 Å². The molecule has 1 aromatic rings. The molecule has 0 bridgehead atoms. The molecule has 0 aliphatic carbocycles.